The molecule has 1 aliphatic heterocycles. The molecule has 28 heavy (non-hydrogen) atoms. The number of likely N-dealkylation sites (tertiary alicyclic amines) is 1. The maximum Gasteiger partial charge on any atom is 0.175 e. The standard InChI is InChI=1S/C22H26ClNO3S/c1-15-9-16(14-27-21-5-7-22(8-6-21)28(2,25)26)13-24(15)20-11-17-3-4-19(23)10-18(17)12-20/h3-8,10,15-16,20H,9,11-14H2,1-2H3/t15-,16+,20+/m1/s1. The third-order valence-electron chi connectivity index (χ3n) is 6.00. The van der Waals surface area contributed by atoms with Gasteiger partial charge in [0.25, 0.3) is 0 Å². The minimum Gasteiger partial charge on any atom is -0.493 e. The molecule has 3 atom stereocenters. The second-order valence-corrected chi connectivity index (χ2v) is 10.6. The van der Waals surface area contributed by atoms with Crippen LogP contribution < -0.4 is 4.74 Å². The molecule has 4 nitrogen and oxygen atoms in total. The molecule has 0 amide bonds. The molecule has 0 radical (unpaired) electrons. The van der Waals surface area contributed by atoms with Gasteiger partial charge in [-0.15, -0.1) is 0 Å². The fourth-order valence-electron chi connectivity index (χ4n) is 4.60. The zero-order valence-electron chi connectivity index (χ0n) is 16.3. The van der Waals surface area contributed by atoms with E-state index in [0.717, 1.165) is 36.6 Å². The Morgan fingerprint density at radius 2 is 1.82 bits per heavy atom. The van der Waals surface area contributed by atoms with Gasteiger partial charge in [0.15, 0.2) is 9.84 Å². The molecule has 0 spiro atoms. The Bertz CT molecular complexity index is 958. The third-order valence-corrected chi connectivity index (χ3v) is 7.36. The smallest absolute Gasteiger partial charge is 0.175 e. The van der Waals surface area contributed by atoms with Crippen LogP contribution in [0.3, 0.4) is 0 Å². The maximum atomic E-state index is 11.6. The Hall–Kier alpha value is -1.56. The molecule has 150 valence electrons. The molecular weight excluding hydrogens is 394 g/mol. The average Bonchev–Trinajstić information content (AvgIpc) is 3.22. The van der Waals surface area contributed by atoms with Crippen molar-refractivity contribution in [1.29, 1.82) is 0 Å². The number of hydrogen-bond acceptors (Lipinski definition) is 4. The van der Waals surface area contributed by atoms with Gasteiger partial charge in [0.2, 0.25) is 0 Å². The zero-order valence-corrected chi connectivity index (χ0v) is 17.8. The normalized spacial score (nSPS) is 25.0. The summed E-state index contributed by atoms with van der Waals surface area (Å²) in [6, 6.07) is 14.0. The van der Waals surface area contributed by atoms with E-state index >= 15 is 0 Å². The van der Waals surface area contributed by atoms with Gasteiger partial charge < -0.3 is 4.74 Å². The van der Waals surface area contributed by atoms with Crippen LogP contribution in [0, 0.1) is 5.92 Å². The predicted molar refractivity (Wildman–Crippen MR) is 112 cm³/mol. The first-order valence-corrected chi connectivity index (χ1v) is 12.0. The van der Waals surface area contributed by atoms with Gasteiger partial charge in [0.05, 0.1) is 11.5 Å². The quantitative estimate of drug-likeness (QED) is 0.734. The number of ether oxygens (including phenoxy) is 1. The molecule has 0 aromatic heterocycles. The van der Waals surface area contributed by atoms with Gasteiger partial charge in [0, 0.05) is 35.8 Å². The number of halogens is 1. The Morgan fingerprint density at radius 3 is 2.54 bits per heavy atom. The fraction of sp³-hybridized carbons (Fsp3) is 0.455. The molecule has 2 aliphatic rings. The van der Waals surface area contributed by atoms with Crippen LogP contribution >= 0.6 is 11.6 Å². The summed E-state index contributed by atoms with van der Waals surface area (Å²) in [4.78, 5) is 2.94. The maximum absolute atomic E-state index is 11.6. The van der Waals surface area contributed by atoms with E-state index in [2.05, 4.69) is 24.0 Å². The number of fused-ring (bicyclic) bond motifs is 1. The van der Waals surface area contributed by atoms with E-state index in [1.54, 1.807) is 24.3 Å². The summed E-state index contributed by atoms with van der Waals surface area (Å²) >= 11 is 6.15. The first-order valence-electron chi connectivity index (χ1n) is 9.75. The summed E-state index contributed by atoms with van der Waals surface area (Å²) in [5, 5.41) is 0.821. The third kappa shape index (κ3) is 4.22. The van der Waals surface area contributed by atoms with Crippen molar-refractivity contribution in [3.8, 4) is 5.75 Å². The van der Waals surface area contributed by atoms with Gasteiger partial charge in [0.1, 0.15) is 5.75 Å². The number of rotatable bonds is 5. The zero-order chi connectivity index (χ0) is 19.9. The Kier molecular flexibility index (Phi) is 5.43. The van der Waals surface area contributed by atoms with E-state index in [1.165, 1.54) is 17.4 Å². The Morgan fingerprint density at radius 1 is 1.11 bits per heavy atom. The van der Waals surface area contributed by atoms with Crippen LogP contribution in [0.5, 0.6) is 5.75 Å². The molecule has 6 heteroatoms. The monoisotopic (exact) mass is 419 g/mol. The minimum absolute atomic E-state index is 0.321. The van der Waals surface area contributed by atoms with E-state index < -0.39 is 9.84 Å². The molecule has 0 unspecified atom stereocenters. The highest BCUT2D eigenvalue weighted by Gasteiger charge is 2.36. The average molecular weight is 420 g/mol. The van der Waals surface area contributed by atoms with E-state index in [9.17, 15) is 8.42 Å². The highest BCUT2D eigenvalue weighted by Crippen LogP contribution is 2.34. The van der Waals surface area contributed by atoms with Crippen LogP contribution in [0.25, 0.3) is 0 Å². The van der Waals surface area contributed by atoms with Crippen molar-refractivity contribution < 1.29 is 13.2 Å². The predicted octanol–water partition coefficient (Wildman–Crippen LogP) is 4.00. The van der Waals surface area contributed by atoms with Crippen LogP contribution in [-0.2, 0) is 22.7 Å². The van der Waals surface area contributed by atoms with Gasteiger partial charge in [-0.3, -0.25) is 4.90 Å². The number of nitrogens with zero attached hydrogens (tertiary/aromatic N) is 1. The summed E-state index contributed by atoms with van der Waals surface area (Å²) in [6.45, 7) is 4.00. The second kappa shape index (κ2) is 7.69. The van der Waals surface area contributed by atoms with Crippen molar-refractivity contribution in [2.75, 3.05) is 19.4 Å². The van der Waals surface area contributed by atoms with Gasteiger partial charge in [-0.25, -0.2) is 8.42 Å². The number of sulfone groups is 1. The van der Waals surface area contributed by atoms with Crippen molar-refractivity contribution in [2.24, 2.45) is 5.92 Å². The molecule has 0 N–H and O–H groups in total. The lowest BCUT2D eigenvalue weighted by Gasteiger charge is -2.28. The highest BCUT2D eigenvalue weighted by molar-refractivity contribution is 7.90. The lowest BCUT2D eigenvalue weighted by molar-refractivity contribution is 0.182. The summed E-state index contributed by atoms with van der Waals surface area (Å²) in [6.07, 6.45) is 4.50. The van der Waals surface area contributed by atoms with E-state index in [1.807, 2.05) is 6.07 Å². The molecule has 1 fully saturated rings. The largest absolute Gasteiger partial charge is 0.493 e. The van der Waals surface area contributed by atoms with Crippen LogP contribution in [-0.4, -0.2) is 44.8 Å². The molecule has 2 aromatic rings. The van der Waals surface area contributed by atoms with E-state index in [-0.39, 0.29) is 0 Å². The molecule has 1 heterocycles. The van der Waals surface area contributed by atoms with Crippen molar-refractivity contribution in [2.45, 2.75) is 43.2 Å². The molecular formula is C22H26ClNO3S. The Labute approximate surface area is 172 Å². The number of hydrogen-bond donors (Lipinski definition) is 0. The van der Waals surface area contributed by atoms with Crippen molar-refractivity contribution in [1.82, 2.24) is 4.90 Å². The van der Waals surface area contributed by atoms with E-state index in [4.69, 9.17) is 16.3 Å². The summed E-state index contributed by atoms with van der Waals surface area (Å²) in [7, 11) is -3.17. The molecule has 0 bridgehead atoms. The van der Waals surface area contributed by atoms with Crippen molar-refractivity contribution >= 4 is 21.4 Å². The summed E-state index contributed by atoms with van der Waals surface area (Å²) in [5.41, 5.74) is 2.81. The van der Waals surface area contributed by atoms with Gasteiger partial charge in [-0.05, 0) is 73.7 Å². The minimum atomic E-state index is -3.17. The van der Waals surface area contributed by atoms with Crippen molar-refractivity contribution in [3.05, 3.63) is 58.6 Å². The van der Waals surface area contributed by atoms with Gasteiger partial charge in [-0.1, -0.05) is 17.7 Å². The Balaban J connectivity index is 1.33. The van der Waals surface area contributed by atoms with Crippen LogP contribution in [0.4, 0.5) is 0 Å². The topological polar surface area (TPSA) is 46.6 Å². The van der Waals surface area contributed by atoms with Crippen molar-refractivity contribution in [3.63, 3.8) is 0 Å². The second-order valence-electron chi connectivity index (χ2n) is 8.18. The fourth-order valence-corrected chi connectivity index (χ4v) is 5.42. The summed E-state index contributed by atoms with van der Waals surface area (Å²) in [5.74, 6) is 1.21. The lowest BCUT2D eigenvalue weighted by atomic mass is 10.1. The molecule has 2 aromatic carbocycles. The summed E-state index contributed by atoms with van der Waals surface area (Å²) < 4.78 is 29.1. The molecule has 4 rings (SSSR count). The van der Waals surface area contributed by atoms with Crippen LogP contribution in [0.2, 0.25) is 5.02 Å². The SMILES string of the molecule is C[C@@H]1C[C@H](COc2ccc(S(C)(=O)=O)cc2)CN1[C@H]1Cc2ccc(Cl)cc2C1. The highest BCUT2D eigenvalue weighted by atomic mass is 35.5. The first-order chi connectivity index (χ1) is 13.3. The van der Waals surface area contributed by atoms with Crippen LogP contribution in [0.15, 0.2) is 47.4 Å². The molecule has 0 saturated carbocycles. The van der Waals surface area contributed by atoms with Gasteiger partial charge >= 0.3 is 0 Å². The lowest BCUT2D eigenvalue weighted by Crippen LogP contribution is -2.38. The number of benzene rings is 2. The van der Waals surface area contributed by atoms with Gasteiger partial charge in [-0.2, -0.15) is 0 Å². The van der Waals surface area contributed by atoms with E-state index in [0.29, 0.717) is 29.5 Å². The first kappa shape index (κ1) is 19.7. The van der Waals surface area contributed by atoms with Crippen LogP contribution in [0.1, 0.15) is 24.5 Å². The molecule has 1 aliphatic carbocycles. The molecule has 1 saturated heterocycles.